The molecule has 1 aromatic rings. The van der Waals surface area contributed by atoms with Crippen molar-refractivity contribution in [3.05, 3.63) is 33.9 Å². The molecule has 1 aliphatic heterocycles. The van der Waals surface area contributed by atoms with Crippen LogP contribution in [0.25, 0.3) is 0 Å². The first-order valence-electron chi connectivity index (χ1n) is 6.30. The zero-order chi connectivity index (χ0) is 14.5. The number of ketones is 1. The first-order valence-corrected chi connectivity index (χ1v) is 8.51. The topological polar surface area (TPSA) is 72.2 Å². The molecular weight excluding hydrogens is 296 g/mol. The van der Waals surface area contributed by atoms with Crippen LogP contribution in [0.3, 0.4) is 0 Å². The predicted octanol–water partition coefficient (Wildman–Crippen LogP) is 3.06. The fraction of sp³-hybridized carbons (Fsp3) is 0.462. The summed E-state index contributed by atoms with van der Waals surface area (Å²) < 4.78 is 0. The molecule has 0 radical (unpaired) electrons. The summed E-state index contributed by atoms with van der Waals surface area (Å²) in [6.07, 6.45) is 0. The van der Waals surface area contributed by atoms with Crippen molar-refractivity contribution in [3.8, 4) is 0 Å². The van der Waals surface area contributed by atoms with Crippen molar-refractivity contribution in [2.45, 2.75) is 12.2 Å². The van der Waals surface area contributed by atoms with Gasteiger partial charge in [0, 0.05) is 40.7 Å². The first kappa shape index (κ1) is 15.2. The fourth-order valence-corrected chi connectivity index (χ4v) is 4.54. The predicted molar refractivity (Wildman–Crippen MR) is 85.2 cm³/mol. The molecule has 1 unspecified atom stereocenters. The summed E-state index contributed by atoms with van der Waals surface area (Å²) in [6.45, 7) is 2.11. The summed E-state index contributed by atoms with van der Waals surface area (Å²) in [5, 5.41) is 14.7. The van der Waals surface area contributed by atoms with Gasteiger partial charge in [0.25, 0.3) is 5.69 Å². The third-order valence-corrected chi connectivity index (χ3v) is 5.85. The number of carbonyl (C=O) groups excluding carboxylic acids is 1. The molecule has 0 spiro atoms. The lowest BCUT2D eigenvalue weighted by atomic mass is 10.1. The van der Waals surface area contributed by atoms with Crippen molar-refractivity contribution in [3.63, 3.8) is 0 Å². The highest BCUT2D eigenvalue weighted by Crippen LogP contribution is 2.28. The number of hydrogen-bond donors (Lipinski definition) is 1. The van der Waals surface area contributed by atoms with Crippen LogP contribution < -0.4 is 5.32 Å². The average Bonchev–Trinajstić information content (AvgIpc) is 2.45. The van der Waals surface area contributed by atoms with Crippen molar-refractivity contribution in [1.29, 1.82) is 0 Å². The zero-order valence-corrected chi connectivity index (χ0v) is 12.8. The lowest BCUT2D eigenvalue weighted by Gasteiger charge is -2.21. The van der Waals surface area contributed by atoms with Gasteiger partial charge in [-0.25, -0.2) is 0 Å². The Morgan fingerprint density at radius 3 is 2.90 bits per heavy atom. The van der Waals surface area contributed by atoms with E-state index in [2.05, 4.69) is 5.32 Å². The largest absolute Gasteiger partial charge is 0.378 e. The highest BCUT2D eigenvalue weighted by atomic mass is 32.2. The lowest BCUT2D eigenvalue weighted by molar-refractivity contribution is -0.384. The van der Waals surface area contributed by atoms with E-state index in [9.17, 15) is 14.9 Å². The molecule has 0 aromatic heterocycles. The normalized spacial score (nSPS) is 18.6. The van der Waals surface area contributed by atoms with E-state index < -0.39 is 4.92 Å². The van der Waals surface area contributed by atoms with E-state index in [1.165, 1.54) is 18.7 Å². The highest BCUT2D eigenvalue weighted by Gasteiger charge is 2.19. The monoisotopic (exact) mass is 312 g/mol. The smallest absolute Gasteiger partial charge is 0.293 e. The second kappa shape index (κ2) is 6.99. The van der Waals surface area contributed by atoms with Crippen LogP contribution in [0.2, 0.25) is 0 Å². The standard InChI is InChI=1S/C13H16N2O3S2/c1-9(16)10-2-3-12(13(6-10)15(17)18)14-7-11-8-19-4-5-20-11/h2-3,6,11,14H,4-5,7-8H2,1H3. The molecule has 1 aliphatic rings. The molecule has 1 heterocycles. The third kappa shape index (κ3) is 3.89. The number of Topliss-reactive ketones (excluding diaryl/α,β-unsaturated/α-hetero) is 1. The average molecular weight is 312 g/mol. The molecule has 1 aromatic carbocycles. The summed E-state index contributed by atoms with van der Waals surface area (Å²) in [4.78, 5) is 21.9. The van der Waals surface area contributed by atoms with E-state index in [-0.39, 0.29) is 11.5 Å². The number of hydrogen-bond acceptors (Lipinski definition) is 6. The molecule has 0 saturated carbocycles. The summed E-state index contributed by atoms with van der Waals surface area (Å²) in [6, 6.07) is 4.59. The molecule has 1 saturated heterocycles. The number of rotatable bonds is 5. The highest BCUT2D eigenvalue weighted by molar-refractivity contribution is 8.06. The summed E-state index contributed by atoms with van der Waals surface area (Å²) in [5.41, 5.74) is 0.812. The molecule has 1 atom stereocenters. The van der Waals surface area contributed by atoms with Gasteiger partial charge in [-0.1, -0.05) is 0 Å². The molecule has 20 heavy (non-hydrogen) atoms. The number of nitro benzene ring substituents is 1. The van der Waals surface area contributed by atoms with Crippen LogP contribution in [0.5, 0.6) is 0 Å². The number of nitro groups is 1. The maximum Gasteiger partial charge on any atom is 0.293 e. The van der Waals surface area contributed by atoms with Crippen molar-refractivity contribution in [2.24, 2.45) is 0 Å². The Bertz CT molecular complexity index is 516. The molecule has 108 valence electrons. The summed E-state index contributed by atoms with van der Waals surface area (Å²) in [5.74, 6) is 3.20. The van der Waals surface area contributed by atoms with Crippen LogP contribution in [0, 0.1) is 10.1 Å². The van der Waals surface area contributed by atoms with Crippen LogP contribution in [-0.2, 0) is 0 Å². The SMILES string of the molecule is CC(=O)c1ccc(NCC2CSCCS2)c([N+](=O)[O-])c1. The van der Waals surface area contributed by atoms with Gasteiger partial charge in [-0.2, -0.15) is 23.5 Å². The van der Waals surface area contributed by atoms with Crippen LogP contribution in [0.1, 0.15) is 17.3 Å². The lowest BCUT2D eigenvalue weighted by Crippen LogP contribution is -2.23. The summed E-state index contributed by atoms with van der Waals surface area (Å²) >= 11 is 3.81. The van der Waals surface area contributed by atoms with Gasteiger partial charge in [-0.15, -0.1) is 0 Å². The van der Waals surface area contributed by atoms with Gasteiger partial charge in [-0.3, -0.25) is 14.9 Å². The maximum atomic E-state index is 11.3. The minimum absolute atomic E-state index is 0.0360. The first-order chi connectivity index (χ1) is 9.58. The quantitative estimate of drug-likeness (QED) is 0.512. The van der Waals surface area contributed by atoms with Crippen LogP contribution in [0.15, 0.2) is 18.2 Å². The number of anilines is 1. The van der Waals surface area contributed by atoms with E-state index in [0.29, 0.717) is 23.0 Å². The van der Waals surface area contributed by atoms with E-state index in [4.69, 9.17) is 0 Å². The van der Waals surface area contributed by atoms with Crippen molar-refractivity contribution < 1.29 is 9.72 Å². The molecule has 0 bridgehead atoms. The minimum atomic E-state index is -0.447. The zero-order valence-electron chi connectivity index (χ0n) is 11.1. The second-order valence-electron chi connectivity index (χ2n) is 4.49. The van der Waals surface area contributed by atoms with Gasteiger partial charge < -0.3 is 5.32 Å². The molecule has 1 N–H and O–H groups in total. The van der Waals surface area contributed by atoms with Crippen LogP contribution in [0.4, 0.5) is 11.4 Å². The van der Waals surface area contributed by atoms with Crippen LogP contribution >= 0.6 is 23.5 Å². The van der Waals surface area contributed by atoms with Crippen molar-refractivity contribution in [2.75, 3.05) is 29.1 Å². The van der Waals surface area contributed by atoms with Gasteiger partial charge >= 0.3 is 0 Å². The van der Waals surface area contributed by atoms with E-state index in [1.807, 2.05) is 23.5 Å². The Morgan fingerprint density at radius 2 is 2.30 bits per heavy atom. The van der Waals surface area contributed by atoms with Gasteiger partial charge in [0.2, 0.25) is 0 Å². The Balaban J connectivity index is 2.09. The van der Waals surface area contributed by atoms with Crippen LogP contribution in [-0.4, -0.2) is 39.8 Å². The Morgan fingerprint density at radius 1 is 1.50 bits per heavy atom. The number of nitrogens with zero attached hydrogens (tertiary/aromatic N) is 1. The molecule has 1 fully saturated rings. The second-order valence-corrected chi connectivity index (χ2v) is 7.05. The van der Waals surface area contributed by atoms with E-state index in [0.717, 1.165) is 11.5 Å². The molecule has 0 aliphatic carbocycles. The number of carbonyl (C=O) groups is 1. The Hall–Kier alpha value is -1.21. The minimum Gasteiger partial charge on any atom is -0.378 e. The fourth-order valence-electron chi connectivity index (χ4n) is 1.93. The van der Waals surface area contributed by atoms with Gasteiger partial charge in [0.15, 0.2) is 5.78 Å². The van der Waals surface area contributed by atoms with Gasteiger partial charge in [0.05, 0.1) is 4.92 Å². The van der Waals surface area contributed by atoms with Gasteiger partial charge in [-0.05, 0) is 19.1 Å². The van der Waals surface area contributed by atoms with E-state index >= 15 is 0 Å². The Labute approximate surface area is 126 Å². The molecule has 5 nitrogen and oxygen atoms in total. The van der Waals surface area contributed by atoms with E-state index in [1.54, 1.807) is 12.1 Å². The Kier molecular flexibility index (Phi) is 5.31. The number of thioether (sulfide) groups is 2. The maximum absolute atomic E-state index is 11.3. The molecular formula is C13H16N2O3S2. The molecule has 7 heteroatoms. The third-order valence-electron chi connectivity index (χ3n) is 3.01. The van der Waals surface area contributed by atoms with Gasteiger partial charge in [0.1, 0.15) is 5.69 Å². The van der Waals surface area contributed by atoms with Crippen molar-refractivity contribution in [1.82, 2.24) is 0 Å². The number of nitrogens with one attached hydrogen (secondary N) is 1. The molecule has 2 rings (SSSR count). The van der Waals surface area contributed by atoms with Crippen molar-refractivity contribution >= 4 is 40.7 Å². The molecule has 0 amide bonds. The number of benzene rings is 1. The summed E-state index contributed by atoms with van der Waals surface area (Å²) in [7, 11) is 0.